The minimum atomic E-state index is -3.76. The molecule has 28 heavy (non-hydrogen) atoms. The molecule has 9 heteroatoms. The SMILES string of the molecule is CCOc1ccc(S(=O)(=O)N2C3CC2CN(c2ncnc(C)c2C)C3)cc1F. The number of aryl methyl sites for hydroxylation is 1. The van der Waals surface area contributed by atoms with Crippen LogP contribution in [-0.4, -0.2) is 54.5 Å². The molecule has 2 unspecified atom stereocenters. The number of nitrogens with zero attached hydrogens (tertiary/aromatic N) is 4. The highest BCUT2D eigenvalue weighted by molar-refractivity contribution is 7.89. The first-order valence-corrected chi connectivity index (χ1v) is 10.8. The molecule has 0 spiro atoms. The number of aromatic nitrogens is 2. The van der Waals surface area contributed by atoms with Crippen LogP contribution >= 0.6 is 0 Å². The van der Waals surface area contributed by atoms with Crippen molar-refractivity contribution in [3.8, 4) is 5.75 Å². The number of piperazine rings is 1. The molecule has 0 amide bonds. The lowest BCUT2D eigenvalue weighted by molar-refractivity contribution is 0.0873. The first kappa shape index (κ1) is 19.1. The molecule has 2 bridgehead atoms. The lowest BCUT2D eigenvalue weighted by atomic mass is 9.91. The lowest BCUT2D eigenvalue weighted by Crippen LogP contribution is -2.70. The Labute approximate surface area is 164 Å². The number of rotatable bonds is 5. The molecule has 0 N–H and O–H groups in total. The summed E-state index contributed by atoms with van der Waals surface area (Å²) in [5, 5.41) is 0. The Bertz CT molecular complexity index is 1000. The molecular weight excluding hydrogens is 383 g/mol. The minimum Gasteiger partial charge on any atom is -0.491 e. The van der Waals surface area contributed by atoms with Crippen molar-refractivity contribution in [2.75, 3.05) is 24.6 Å². The Morgan fingerprint density at radius 2 is 1.93 bits per heavy atom. The predicted octanol–water partition coefficient (Wildman–Crippen LogP) is 2.28. The Morgan fingerprint density at radius 3 is 2.57 bits per heavy atom. The van der Waals surface area contributed by atoms with Crippen molar-refractivity contribution < 1.29 is 17.5 Å². The van der Waals surface area contributed by atoms with Crippen LogP contribution in [0.2, 0.25) is 0 Å². The molecule has 0 saturated carbocycles. The summed E-state index contributed by atoms with van der Waals surface area (Å²) in [6, 6.07) is 3.54. The molecule has 2 atom stereocenters. The fraction of sp³-hybridized carbons (Fsp3) is 0.474. The zero-order chi connectivity index (χ0) is 20.1. The highest BCUT2D eigenvalue weighted by Crippen LogP contribution is 2.39. The van der Waals surface area contributed by atoms with Crippen molar-refractivity contribution in [2.45, 2.75) is 44.2 Å². The van der Waals surface area contributed by atoms with Gasteiger partial charge in [-0.05, 0) is 45.4 Å². The van der Waals surface area contributed by atoms with Crippen LogP contribution in [0, 0.1) is 19.7 Å². The zero-order valence-electron chi connectivity index (χ0n) is 16.1. The van der Waals surface area contributed by atoms with E-state index < -0.39 is 15.8 Å². The zero-order valence-corrected chi connectivity index (χ0v) is 16.9. The number of hydrogen-bond acceptors (Lipinski definition) is 6. The Balaban J connectivity index is 1.56. The van der Waals surface area contributed by atoms with Crippen molar-refractivity contribution in [1.82, 2.24) is 14.3 Å². The van der Waals surface area contributed by atoms with Gasteiger partial charge in [0.05, 0.1) is 11.5 Å². The van der Waals surface area contributed by atoms with Gasteiger partial charge in [-0.3, -0.25) is 0 Å². The van der Waals surface area contributed by atoms with Gasteiger partial charge in [-0.2, -0.15) is 4.31 Å². The molecule has 3 aliphatic heterocycles. The molecular formula is C19H23FN4O3S. The Morgan fingerprint density at radius 1 is 1.21 bits per heavy atom. The van der Waals surface area contributed by atoms with Gasteiger partial charge in [0.2, 0.25) is 10.0 Å². The summed E-state index contributed by atoms with van der Waals surface area (Å²) in [5.74, 6) is 0.250. The molecule has 0 radical (unpaired) electrons. The van der Waals surface area contributed by atoms with E-state index in [4.69, 9.17) is 4.74 Å². The average Bonchev–Trinajstić information content (AvgIpc) is 2.65. The summed E-state index contributed by atoms with van der Waals surface area (Å²) in [5.41, 5.74) is 1.92. The van der Waals surface area contributed by atoms with Crippen molar-refractivity contribution in [3.05, 3.63) is 41.6 Å². The van der Waals surface area contributed by atoms with E-state index in [1.165, 1.54) is 22.8 Å². The largest absolute Gasteiger partial charge is 0.491 e. The molecule has 1 aromatic carbocycles. The van der Waals surface area contributed by atoms with Gasteiger partial charge in [-0.15, -0.1) is 0 Å². The van der Waals surface area contributed by atoms with Gasteiger partial charge >= 0.3 is 0 Å². The van der Waals surface area contributed by atoms with E-state index in [0.717, 1.165) is 29.6 Å². The van der Waals surface area contributed by atoms with Crippen LogP contribution in [0.4, 0.5) is 10.2 Å². The smallest absolute Gasteiger partial charge is 0.243 e. The van der Waals surface area contributed by atoms with E-state index in [9.17, 15) is 12.8 Å². The lowest BCUT2D eigenvalue weighted by Gasteiger charge is -2.55. The number of sulfonamides is 1. The van der Waals surface area contributed by atoms with Crippen LogP contribution in [0.1, 0.15) is 24.6 Å². The van der Waals surface area contributed by atoms with E-state index in [-0.39, 0.29) is 22.7 Å². The molecule has 3 fully saturated rings. The van der Waals surface area contributed by atoms with E-state index in [2.05, 4.69) is 14.9 Å². The number of hydrogen-bond donors (Lipinski definition) is 0. The molecule has 7 nitrogen and oxygen atoms in total. The standard InChI is InChI=1S/C19H23FN4O3S/c1-4-27-18-6-5-16(8-17(18)20)28(25,26)24-14-7-15(24)10-23(9-14)19-12(2)13(3)21-11-22-19/h5-6,8,11,14-15H,4,7,9-10H2,1-3H3. The second-order valence-electron chi connectivity index (χ2n) is 7.22. The first-order valence-electron chi connectivity index (χ1n) is 9.32. The van der Waals surface area contributed by atoms with Gasteiger partial charge in [0.25, 0.3) is 0 Å². The molecule has 5 rings (SSSR count). The number of halogens is 1. The van der Waals surface area contributed by atoms with Gasteiger partial charge in [-0.1, -0.05) is 0 Å². The van der Waals surface area contributed by atoms with Crippen molar-refractivity contribution in [1.29, 1.82) is 0 Å². The summed E-state index contributed by atoms with van der Waals surface area (Å²) < 4.78 is 47.0. The molecule has 0 aliphatic carbocycles. The van der Waals surface area contributed by atoms with Crippen LogP contribution in [0.15, 0.2) is 29.4 Å². The average molecular weight is 406 g/mol. The maximum absolute atomic E-state index is 14.2. The highest BCUT2D eigenvalue weighted by atomic mass is 32.2. The van der Waals surface area contributed by atoms with Gasteiger partial charge in [0, 0.05) is 36.4 Å². The van der Waals surface area contributed by atoms with Crippen molar-refractivity contribution in [2.24, 2.45) is 0 Å². The van der Waals surface area contributed by atoms with Crippen LogP contribution < -0.4 is 9.64 Å². The van der Waals surface area contributed by atoms with Crippen LogP contribution in [0.25, 0.3) is 0 Å². The third kappa shape index (κ3) is 3.02. The number of fused-ring (bicyclic) bond motifs is 2. The Kier molecular flexibility index (Phi) is 4.75. The van der Waals surface area contributed by atoms with Gasteiger partial charge in [-0.25, -0.2) is 22.8 Å². The van der Waals surface area contributed by atoms with E-state index >= 15 is 0 Å². The maximum Gasteiger partial charge on any atom is 0.243 e. The fourth-order valence-corrected chi connectivity index (χ4v) is 5.85. The van der Waals surface area contributed by atoms with E-state index in [1.807, 2.05) is 13.8 Å². The van der Waals surface area contributed by atoms with E-state index in [1.54, 1.807) is 6.92 Å². The third-order valence-electron chi connectivity index (χ3n) is 5.51. The molecule has 1 aromatic heterocycles. The highest BCUT2D eigenvalue weighted by Gasteiger charge is 2.51. The summed E-state index contributed by atoms with van der Waals surface area (Å²) in [6.45, 7) is 7.10. The number of piperidine rings is 1. The molecule has 2 aromatic rings. The molecule has 150 valence electrons. The number of ether oxygens (including phenoxy) is 1. The number of anilines is 1. The molecule has 3 aliphatic rings. The monoisotopic (exact) mass is 406 g/mol. The summed E-state index contributed by atoms with van der Waals surface area (Å²) >= 11 is 0. The van der Waals surface area contributed by atoms with Gasteiger partial charge < -0.3 is 9.64 Å². The van der Waals surface area contributed by atoms with Crippen molar-refractivity contribution in [3.63, 3.8) is 0 Å². The van der Waals surface area contributed by atoms with Crippen LogP contribution in [0.3, 0.4) is 0 Å². The molecule has 4 heterocycles. The van der Waals surface area contributed by atoms with E-state index in [0.29, 0.717) is 19.7 Å². The van der Waals surface area contributed by atoms with Gasteiger partial charge in [0.15, 0.2) is 11.6 Å². The summed E-state index contributed by atoms with van der Waals surface area (Å²) in [7, 11) is -3.76. The minimum absolute atomic E-state index is 0.0364. The summed E-state index contributed by atoms with van der Waals surface area (Å²) in [6.07, 6.45) is 2.34. The maximum atomic E-state index is 14.2. The fourth-order valence-electron chi connectivity index (χ4n) is 4.02. The molecule has 3 saturated heterocycles. The second kappa shape index (κ2) is 6.97. The quantitative estimate of drug-likeness (QED) is 0.758. The topological polar surface area (TPSA) is 75.6 Å². The number of benzene rings is 1. The first-order chi connectivity index (χ1) is 13.3. The Hall–Kier alpha value is -2.26. The van der Waals surface area contributed by atoms with Crippen LogP contribution in [0.5, 0.6) is 5.75 Å². The third-order valence-corrected chi connectivity index (χ3v) is 7.51. The predicted molar refractivity (Wildman–Crippen MR) is 103 cm³/mol. The van der Waals surface area contributed by atoms with Crippen molar-refractivity contribution >= 4 is 15.8 Å². The normalized spacial score (nSPS) is 22.1. The van der Waals surface area contributed by atoms with Gasteiger partial charge in [0.1, 0.15) is 12.1 Å². The second-order valence-corrected chi connectivity index (χ2v) is 9.06. The summed E-state index contributed by atoms with van der Waals surface area (Å²) in [4.78, 5) is 10.7. The van der Waals surface area contributed by atoms with Crippen LogP contribution in [-0.2, 0) is 10.0 Å².